The third-order valence-electron chi connectivity index (χ3n) is 3.80. The molecule has 2 rings (SSSR count). The molecule has 0 saturated carbocycles. The summed E-state index contributed by atoms with van der Waals surface area (Å²) in [6.45, 7) is 8.84. The van der Waals surface area contributed by atoms with Crippen LogP contribution in [-0.2, 0) is 4.74 Å². The number of nitrogens with one attached hydrogen (secondary N) is 1. The van der Waals surface area contributed by atoms with Crippen molar-refractivity contribution in [3.63, 3.8) is 0 Å². The van der Waals surface area contributed by atoms with Crippen molar-refractivity contribution in [2.75, 3.05) is 26.3 Å². The average Bonchev–Trinajstić information content (AvgIpc) is 2.31. The van der Waals surface area contributed by atoms with Crippen LogP contribution in [0.5, 0.6) is 0 Å². The van der Waals surface area contributed by atoms with Crippen molar-refractivity contribution in [1.82, 2.24) is 10.2 Å². The average molecular weight is 212 g/mol. The van der Waals surface area contributed by atoms with Crippen molar-refractivity contribution in [2.24, 2.45) is 0 Å². The van der Waals surface area contributed by atoms with Gasteiger partial charge in [0.15, 0.2) is 0 Å². The zero-order valence-electron chi connectivity index (χ0n) is 10.0. The largest absolute Gasteiger partial charge is 0.380 e. The van der Waals surface area contributed by atoms with Gasteiger partial charge in [0.05, 0.1) is 6.61 Å². The second kappa shape index (κ2) is 5.28. The molecule has 3 atom stereocenters. The molecule has 2 heterocycles. The van der Waals surface area contributed by atoms with E-state index < -0.39 is 0 Å². The quantitative estimate of drug-likeness (QED) is 0.745. The van der Waals surface area contributed by atoms with Crippen molar-refractivity contribution in [1.29, 1.82) is 0 Å². The normalized spacial score (nSPS) is 39.2. The van der Waals surface area contributed by atoms with Gasteiger partial charge in [0.2, 0.25) is 0 Å². The maximum Gasteiger partial charge on any atom is 0.0621 e. The standard InChI is InChI=1S/C12H24N2O/c1-3-11-8-14(10(2)7-13-11)12-5-4-6-15-9-12/h10-13H,3-9H2,1-2H3. The third-order valence-corrected chi connectivity index (χ3v) is 3.80. The first-order valence-electron chi connectivity index (χ1n) is 6.38. The molecule has 15 heavy (non-hydrogen) atoms. The second-order valence-corrected chi connectivity index (χ2v) is 4.93. The third kappa shape index (κ3) is 2.71. The molecule has 0 aromatic heterocycles. The Morgan fingerprint density at radius 3 is 3.00 bits per heavy atom. The zero-order chi connectivity index (χ0) is 10.7. The van der Waals surface area contributed by atoms with Crippen LogP contribution < -0.4 is 5.32 Å². The predicted molar refractivity (Wildman–Crippen MR) is 62.1 cm³/mol. The summed E-state index contributed by atoms with van der Waals surface area (Å²) in [7, 11) is 0. The van der Waals surface area contributed by atoms with Gasteiger partial charge in [-0.2, -0.15) is 0 Å². The number of nitrogens with zero attached hydrogens (tertiary/aromatic N) is 1. The van der Waals surface area contributed by atoms with Gasteiger partial charge in [-0.25, -0.2) is 0 Å². The molecule has 0 spiro atoms. The molecule has 3 heteroatoms. The minimum absolute atomic E-state index is 0.666. The van der Waals surface area contributed by atoms with Crippen LogP contribution in [0.15, 0.2) is 0 Å². The maximum absolute atomic E-state index is 5.59. The smallest absolute Gasteiger partial charge is 0.0621 e. The van der Waals surface area contributed by atoms with Crippen LogP contribution in [0.25, 0.3) is 0 Å². The van der Waals surface area contributed by atoms with Gasteiger partial charge >= 0.3 is 0 Å². The molecule has 2 saturated heterocycles. The number of ether oxygens (including phenoxy) is 1. The van der Waals surface area contributed by atoms with Gasteiger partial charge in [-0.15, -0.1) is 0 Å². The van der Waals surface area contributed by atoms with Crippen molar-refractivity contribution >= 4 is 0 Å². The molecular weight excluding hydrogens is 188 g/mol. The first-order chi connectivity index (χ1) is 7.31. The fourth-order valence-corrected chi connectivity index (χ4v) is 2.72. The van der Waals surface area contributed by atoms with E-state index in [1.807, 2.05) is 0 Å². The van der Waals surface area contributed by atoms with Gasteiger partial charge in [0, 0.05) is 37.8 Å². The molecular formula is C12H24N2O. The molecule has 0 aliphatic carbocycles. The Hall–Kier alpha value is -0.120. The van der Waals surface area contributed by atoms with Crippen LogP contribution >= 0.6 is 0 Å². The summed E-state index contributed by atoms with van der Waals surface area (Å²) in [4.78, 5) is 2.66. The lowest BCUT2D eigenvalue weighted by Gasteiger charge is -2.44. The van der Waals surface area contributed by atoms with Gasteiger partial charge in [0.1, 0.15) is 0 Å². The van der Waals surface area contributed by atoms with Gasteiger partial charge in [-0.3, -0.25) is 4.90 Å². The molecule has 88 valence electrons. The van der Waals surface area contributed by atoms with Crippen LogP contribution in [-0.4, -0.2) is 49.3 Å². The summed E-state index contributed by atoms with van der Waals surface area (Å²) in [5.74, 6) is 0. The van der Waals surface area contributed by atoms with Crippen molar-refractivity contribution in [2.45, 2.75) is 51.2 Å². The highest BCUT2D eigenvalue weighted by Gasteiger charge is 2.30. The predicted octanol–water partition coefficient (Wildman–Crippen LogP) is 1.24. The van der Waals surface area contributed by atoms with Crippen LogP contribution in [0, 0.1) is 0 Å². The highest BCUT2D eigenvalue weighted by Crippen LogP contribution is 2.19. The van der Waals surface area contributed by atoms with Crippen LogP contribution in [0.2, 0.25) is 0 Å². The number of hydrogen-bond donors (Lipinski definition) is 1. The van der Waals surface area contributed by atoms with E-state index in [0.29, 0.717) is 18.1 Å². The Kier molecular flexibility index (Phi) is 4.00. The van der Waals surface area contributed by atoms with Crippen LogP contribution in [0.3, 0.4) is 0 Å². The lowest BCUT2D eigenvalue weighted by Crippen LogP contribution is -2.59. The summed E-state index contributed by atoms with van der Waals surface area (Å²) in [6.07, 6.45) is 3.79. The van der Waals surface area contributed by atoms with Gasteiger partial charge in [0.25, 0.3) is 0 Å². The van der Waals surface area contributed by atoms with E-state index in [1.54, 1.807) is 0 Å². The minimum Gasteiger partial charge on any atom is -0.380 e. The molecule has 0 amide bonds. The van der Waals surface area contributed by atoms with E-state index in [0.717, 1.165) is 19.8 Å². The topological polar surface area (TPSA) is 24.5 Å². The number of piperazine rings is 1. The van der Waals surface area contributed by atoms with E-state index in [-0.39, 0.29) is 0 Å². The Balaban J connectivity index is 1.92. The molecule has 3 nitrogen and oxygen atoms in total. The highest BCUT2D eigenvalue weighted by atomic mass is 16.5. The lowest BCUT2D eigenvalue weighted by atomic mass is 10.0. The molecule has 3 unspecified atom stereocenters. The van der Waals surface area contributed by atoms with Crippen molar-refractivity contribution in [3.05, 3.63) is 0 Å². The van der Waals surface area contributed by atoms with Crippen molar-refractivity contribution < 1.29 is 4.74 Å². The first kappa shape index (κ1) is 11.4. The molecule has 1 N–H and O–H groups in total. The van der Waals surface area contributed by atoms with Crippen LogP contribution in [0.4, 0.5) is 0 Å². The second-order valence-electron chi connectivity index (χ2n) is 4.93. The number of hydrogen-bond acceptors (Lipinski definition) is 3. The van der Waals surface area contributed by atoms with E-state index >= 15 is 0 Å². The molecule has 2 aliphatic heterocycles. The summed E-state index contributed by atoms with van der Waals surface area (Å²) >= 11 is 0. The fourth-order valence-electron chi connectivity index (χ4n) is 2.72. The van der Waals surface area contributed by atoms with Crippen LogP contribution in [0.1, 0.15) is 33.1 Å². The molecule has 2 fully saturated rings. The zero-order valence-corrected chi connectivity index (χ0v) is 10.0. The Morgan fingerprint density at radius 2 is 2.33 bits per heavy atom. The SMILES string of the molecule is CCC1CN(C2CCCOC2)C(C)CN1. The minimum atomic E-state index is 0.666. The highest BCUT2D eigenvalue weighted by molar-refractivity contribution is 4.88. The molecule has 0 radical (unpaired) electrons. The van der Waals surface area contributed by atoms with Crippen molar-refractivity contribution in [3.8, 4) is 0 Å². The lowest BCUT2D eigenvalue weighted by molar-refractivity contribution is -0.0117. The first-order valence-corrected chi connectivity index (χ1v) is 6.38. The summed E-state index contributed by atoms with van der Waals surface area (Å²) in [5.41, 5.74) is 0. The van der Waals surface area contributed by atoms with Gasteiger partial charge < -0.3 is 10.1 Å². The molecule has 0 aromatic carbocycles. The maximum atomic E-state index is 5.59. The van der Waals surface area contributed by atoms with Gasteiger partial charge in [-0.05, 0) is 26.2 Å². The Labute approximate surface area is 93.2 Å². The fraction of sp³-hybridized carbons (Fsp3) is 1.00. The van der Waals surface area contributed by atoms with Gasteiger partial charge in [-0.1, -0.05) is 6.92 Å². The summed E-state index contributed by atoms with van der Waals surface area (Å²) < 4.78 is 5.59. The number of rotatable bonds is 2. The van der Waals surface area contributed by atoms with E-state index in [4.69, 9.17) is 4.74 Å². The monoisotopic (exact) mass is 212 g/mol. The Morgan fingerprint density at radius 1 is 1.47 bits per heavy atom. The summed E-state index contributed by atoms with van der Waals surface area (Å²) in [5, 5.41) is 3.61. The molecule has 2 aliphatic rings. The molecule has 0 bridgehead atoms. The van der Waals surface area contributed by atoms with E-state index in [1.165, 1.54) is 25.8 Å². The van der Waals surface area contributed by atoms with E-state index in [2.05, 4.69) is 24.1 Å². The summed E-state index contributed by atoms with van der Waals surface area (Å²) in [6, 6.07) is 2.02. The Bertz CT molecular complexity index is 192. The van der Waals surface area contributed by atoms with E-state index in [9.17, 15) is 0 Å². The molecule has 0 aromatic rings.